The molecule has 0 saturated carbocycles. The van der Waals surface area contributed by atoms with Crippen LogP contribution in [0, 0.1) is 5.82 Å². The lowest BCUT2D eigenvalue weighted by Crippen LogP contribution is -2.10. The zero-order valence-corrected chi connectivity index (χ0v) is 15.9. The Morgan fingerprint density at radius 3 is 2.29 bits per heavy atom. The molecule has 1 N–H and O–H groups in total. The van der Waals surface area contributed by atoms with Gasteiger partial charge in [0, 0.05) is 4.47 Å². The average Bonchev–Trinajstić information content (AvgIpc) is 2.72. The van der Waals surface area contributed by atoms with Gasteiger partial charge in [-0.05, 0) is 76.6 Å². The molecule has 0 bridgehead atoms. The van der Waals surface area contributed by atoms with Crippen molar-refractivity contribution in [2.75, 3.05) is 5.48 Å². The summed E-state index contributed by atoms with van der Waals surface area (Å²) in [6, 6.07) is 18.3. The van der Waals surface area contributed by atoms with Crippen molar-refractivity contribution in [2.45, 2.75) is 0 Å². The number of halogens is 2. The minimum absolute atomic E-state index is 0.213. The van der Waals surface area contributed by atoms with Gasteiger partial charge in [0.15, 0.2) is 0 Å². The number of azo groups is 1. The minimum atomic E-state index is -0.650. The van der Waals surface area contributed by atoms with Crippen molar-refractivity contribution >= 4 is 39.2 Å². The molecule has 0 saturated heterocycles. The third-order valence-electron chi connectivity index (χ3n) is 3.57. The highest BCUT2D eigenvalue weighted by Gasteiger charge is 2.09. The first-order chi connectivity index (χ1) is 13.5. The molecular weight excluding hydrogens is 429 g/mol. The Kier molecular flexibility index (Phi) is 6.23. The predicted molar refractivity (Wildman–Crippen MR) is 105 cm³/mol. The SMILES string of the molecule is O=C(ONc1ccc(N=NC(=O)c2ccccc2Br)cc1)c1ccc(F)cc1. The maximum atomic E-state index is 12.9. The van der Waals surface area contributed by atoms with Crippen molar-refractivity contribution in [1.82, 2.24) is 0 Å². The van der Waals surface area contributed by atoms with E-state index in [1.807, 2.05) is 0 Å². The molecule has 0 spiro atoms. The van der Waals surface area contributed by atoms with E-state index >= 15 is 0 Å². The Hall–Kier alpha value is -3.39. The van der Waals surface area contributed by atoms with Crippen LogP contribution in [0.25, 0.3) is 0 Å². The van der Waals surface area contributed by atoms with Crippen molar-refractivity contribution in [3.05, 3.63) is 94.2 Å². The fraction of sp³-hybridized carbons (Fsp3) is 0. The van der Waals surface area contributed by atoms with Crippen LogP contribution in [0.4, 0.5) is 15.8 Å². The molecule has 3 aromatic carbocycles. The van der Waals surface area contributed by atoms with Crippen LogP contribution in [0.15, 0.2) is 87.5 Å². The molecule has 0 unspecified atom stereocenters. The second-order valence-corrected chi connectivity index (χ2v) is 6.38. The van der Waals surface area contributed by atoms with Crippen LogP contribution in [0.2, 0.25) is 0 Å². The van der Waals surface area contributed by atoms with Gasteiger partial charge in [0.1, 0.15) is 5.82 Å². The summed E-state index contributed by atoms with van der Waals surface area (Å²) in [4.78, 5) is 28.8. The van der Waals surface area contributed by atoms with Crippen molar-refractivity contribution in [3.8, 4) is 0 Å². The van der Waals surface area contributed by atoms with Gasteiger partial charge in [-0.15, -0.1) is 10.2 Å². The Morgan fingerprint density at radius 2 is 1.61 bits per heavy atom. The quantitative estimate of drug-likeness (QED) is 0.406. The number of nitrogens with zero attached hydrogens (tertiary/aromatic N) is 2. The number of carbonyl (C=O) groups excluding carboxylic acids is 2. The van der Waals surface area contributed by atoms with Gasteiger partial charge in [0.25, 0.3) is 5.91 Å². The second kappa shape index (κ2) is 9.01. The summed E-state index contributed by atoms with van der Waals surface area (Å²) in [5.41, 5.74) is 4.07. The Morgan fingerprint density at radius 1 is 0.929 bits per heavy atom. The van der Waals surface area contributed by atoms with Crippen molar-refractivity contribution in [2.24, 2.45) is 10.2 Å². The van der Waals surface area contributed by atoms with E-state index in [4.69, 9.17) is 4.84 Å². The van der Waals surface area contributed by atoms with Crippen LogP contribution < -0.4 is 5.48 Å². The zero-order valence-electron chi connectivity index (χ0n) is 14.3. The van der Waals surface area contributed by atoms with Crippen molar-refractivity contribution < 1.29 is 18.8 Å². The number of nitrogens with one attached hydrogen (secondary N) is 1. The number of benzene rings is 3. The summed E-state index contributed by atoms with van der Waals surface area (Å²) < 4.78 is 13.5. The van der Waals surface area contributed by atoms with Crippen LogP contribution in [0.1, 0.15) is 20.7 Å². The lowest BCUT2D eigenvalue weighted by molar-refractivity contribution is 0.0596. The van der Waals surface area contributed by atoms with E-state index in [-0.39, 0.29) is 5.56 Å². The van der Waals surface area contributed by atoms with E-state index in [1.54, 1.807) is 48.5 Å². The summed E-state index contributed by atoms with van der Waals surface area (Å²) in [5.74, 6) is -1.56. The topological polar surface area (TPSA) is 80.1 Å². The van der Waals surface area contributed by atoms with Crippen LogP contribution in [0.5, 0.6) is 0 Å². The summed E-state index contributed by atoms with van der Waals surface area (Å²) in [5, 5.41) is 7.60. The first kappa shape index (κ1) is 19.4. The van der Waals surface area contributed by atoms with Crippen molar-refractivity contribution in [1.29, 1.82) is 0 Å². The van der Waals surface area contributed by atoms with Gasteiger partial charge in [-0.1, -0.05) is 12.1 Å². The first-order valence-corrected chi connectivity index (χ1v) is 8.85. The summed E-state index contributed by atoms with van der Waals surface area (Å²) in [6.07, 6.45) is 0. The molecule has 0 aliphatic carbocycles. The largest absolute Gasteiger partial charge is 0.362 e. The van der Waals surface area contributed by atoms with E-state index in [2.05, 4.69) is 31.6 Å². The molecular formula is C20H13BrFN3O3. The van der Waals surface area contributed by atoms with Gasteiger partial charge >= 0.3 is 5.97 Å². The van der Waals surface area contributed by atoms with Gasteiger partial charge in [-0.3, -0.25) is 4.79 Å². The number of carbonyl (C=O) groups is 2. The lowest BCUT2D eigenvalue weighted by Gasteiger charge is -2.06. The summed E-state index contributed by atoms with van der Waals surface area (Å²) in [7, 11) is 0. The van der Waals surface area contributed by atoms with Crippen LogP contribution in [0.3, 0.4) is 0 Å². The van der Waals surface area contributed by atoms with Gasteiger partial charge in [0.05, 0.1) is 22.5 Å². The predicted octanol–water partition coefficient (Wildman–Crippen LogP) is 5.70. The van der Waals surface area contributed by atoms with E-state index < -0.39 is 17.7 Å². The fourth-order valence-corrected chi connectivity index (χ4v) is 2.59. The Bertz CT molecular complexity index is 1020. The zero-order chi connectivity index (χ0) is 19.9. The maximum absolute atomic E-state index is 12.9. The molecule has 0 fully saturated rings. The normalized spacial score (nSPS) is 10.6. The van der Waals surface area contributed by atoms with Gasteiger partial charge in [0.2, 0.25) is 0 Å². The van der Waals surface area contributed by atoms with E-state index in [0.29, 0.717) is 21.4 Å². The lowest BCUT2D eigenvalue weighted by atomic mass is 10.2. The first-order valence-electron chi connectivity index (χ1n) is 8.06. The number of hydrogen-bond donors (Lipinski definition) is 1. The molecule has 8 heteroatoms. The molecule has 3 aromatic rings. The highest BCUT2D eigenvalue weighted by atomic mass is 79.9. The average molecular weight is 442 g/mol. The van der Waals surface area contributed by atoms with Crippen molar-refractivity contribution in [3.63, 3.8) is 0 Å². The molecule has 28 heavy (non-hydrogen) atoms. The fourth-order valence-electron chi connectivity index (χ4n) is 2.14. The van der Waals surface area contributed by atoms with E-state index in [1.165, 1.54) is 24.3 Å². The molecule has 3 rings (SSSR count). The second-order valence-electron chi connectivity index (χ2n) is 5.53. The minimum Gasteiger partial charge on any atom is -0.338 e. The Labute approximate surface area is 168 Å². The molecule has 6 nitrogen and oxygen atoms in total. The third kappa shape index (κ3) is 5.08. The molecule has 0 aliphatic heterocycles. The highest BCUT2D eigenvalue weighted by molar-refractivity contribution is 9.10. The number of rotatable bonds is 5. The summed E-state index contributed by atoms with van der Waals surface area (Å²) >= 11 is 3.29. The maximum Gasteiger partial charge on any atom is 0.362 e. The molecule has 0 atom stereocenters. The molecule has 0 heterocycles. The standard InChI is InChI=1S/C20H13BrFN3O3/c21-18-4-2-1-3-17(18)19(26)24-23-15-9-11-16(12-10-15)25-28-20(27)13-5-7-14(22)8-6-13/h1-12,25H. The van der Waals surface area contributed by atoms with Gasteiger partial charge in [-0.2, -0.15) is 0 Å². The van der Waals surface area contributed by atoms with Gasteiger partial charge in [-0.25, -0.2) is 14.7 Å². The highest BCUT2D eigenvalue weighted by Crippen LogP contribution is 2.20. The Balaban J connectivity index is 1.57. The molecule has 0 aromatic heterocycles. The number of hydrogen-bond acceptors (Lipinski definition) is 5. The number of anilines is 1. The number of amides is 1. The monoisotopic (exact) mass is 441 g/mol. The van der Waals surface area contributed by atoms with Gasteiger partial charge < -0.3 is 4.84 Å². The van der Waals surface area contributed by atoms with E-state index in [9.17, 15) is 14.0 Å². The summed E-state index contributed by atoms with van der Waals surface area (Å²) in [6.45, 7) is 0. The van der Waals surface area contributed by atoms with Crippen LogP contribution in [-0.4, -0.2) is 11.9 Å². The smallest absolute Gasteiger partial charge is 0.338 e. The van der Waals surface area contributed by atoms with Crippen LogP contribution in [-0.2, 0) is 4.84 Å². The van der Waals surface area contributed by atoms with Crippen LogP contribution >= 0.6 is 15.9 Å². The molecule has 1 amide bonds. The molecule has 0 radical (unpaired) electrons. The molecule has 0 aliphatic rings. The van der Waals surface area contributed by atoms with E-state index in [0.717, 1.165) is 0 Å². The molecule has 140 valence electrons. The third-order valence-corrected chi connectivity index (χ3v) is 4.26.